The Morgan fingerprint density at radius 3 is 2.57 bits per heavy atom. The van der Waals surface area contributed by atoms with Crippen LogP contribution in [0.25, 0.3) is 0 Å². The Kier molecular flexibility index (Phi) is 3.45. The van der Waals surface area contributed by atoms with Gasteiger partial charge in [0.25, 0.3) is 0 Å². The maximum absolute atomic E-state index is 10.7. The van der Waals surface area contributed by atoms with E-state index in [1.807, 2.05) is 30.3 Å². The topological polar surface area (TPSA) is 61.1 Å². The number of hydrogen-bond acceptors (Lipinski definition) is 2. The van der Waals surface area contributed by atoms with E-state index < -0.39 is 5.97 Å². The first-order valence-electron chi connectivity index (χ1n) is 4.10. The molecule has 0 saturated carbocycles. The van der Waals surface area contributed by atoms with Crippen LogP contribution in [0.3, 0.4) is 0 Å². The van der Waals surface area contributed by atoms with Gasteiger partial charge in [-0.1, -0.05) is 30.3 Å². The molecule has 0 saturated heterocycles. The van der Waals surface area contributed by atoms with E-state index in [-0.39, 0.29) is 12.0 Å². The van der Waals surface area contributed by atoms with Crippen LogP contribution in [-0.4, -0.2) is 11.1 Å². The Labute approximate surface area is 81.9 Å². The average molecular weight is 187 g/mol. The summed E-state index contributed by atoms with van der Waals surface area (Å²) in [6.07, 6.45) is 1.35. The molecule has 0 unspecified atom stereocenters. The largest absolute Gasteiger partial charge is 0.478 e. The van der Waals surface area contributed by atoms with E-state index in [4.69, 9.17) is 10.4 Å². The summed E-state index contributed by atoms with van der Waals surface area (Å²) in [6.45, 7) is 0. The van der Waals surface area contributed by atoms with Crippen molar-refractivity contribution < 1.29 is 9.90 Å². The third kappa shape index (κ3) is 2.76. The zero-order chi connectivity index (χ0) is 10.4. The van der Waals surface area contributed by atoms with E-state index in [0.29, 0.717) is 0 Å². The number of benzene rings is 1. The molecule has 0 aromatic heterocycles. The van der Waals surface area contributed by atoms with E-state index in [1.54, 1.807) is 6.07 Å². The summed E-state index contributed by atoms with van der Waals surface area (Å²) in [5.74, 6) is -1.05. The Bertz CT molecular complexity index is 387. The Balaban J connectivity index is 2.82. The summed E-state index contributed by atoms with van der Waals surface area (Å²) in [5, 5.41) is 17.1. The van der Waals surface area contributed by atoms with Crippen LogP contribution in [0.5, 0.6) is 0 Å². The van der Waals surface area contributed by atoms with Gasteiger partial charge in [0.05, 0.1) is 11.6 Å². The summed E-state index contributed by atoms with van der Waals surface area (Å²) in [7, 11) is 0. The standard InChI is InChI=1S/C11H9NO2/c12-7-6-10(11(13)14)8-9-4-2-1-3-5-9/h1-6H,8H2,(H,13,14)/b10-6-. The van der Waals surface area contributed by atoms with Crippen molar-refractivity contribution >= 4 is 5.97 Å². The molecule has 0 spiro atoms. The lowest BCUT2D eigenvalue weighted by Gasteiger charge is -2.00. The van der Waals surface area contributed by atoms with Crippen molar-refractivity contribution in [1.82, 2.24) is 0 Å². The smallest absolute Gasteiger partial charge is 0.332 e. The lowest BCUT2D eigenvalue weighted by Crippen LogP contribution is -2.03. The fourth-order valence-electron chi connectivity index (χ4n) is 1.08. The van der Waals surface area contributed by atoms with Crippen molar-refractivity contribution in [3.05, 3.63) is 47.5 Å². The number of nitrogens with zero attached hydrogens (tertiary/aromatic N) is 1. The highest BCUT2D eigenvalue weighted by Crippen LogP contribution is 2.07. The number of carboxylic acids is 1. The van der Waals surface area contributed by atoms with Crippen molar-refractivity contribution in [2.24, 2.45) is 0 Å². The van der Waals surface area contributed by atoms with Gasteiger partial charge in [0.2, 0.25) is 0 Å². The number of nitriles is 1. The number of hydrogen-bond donors (Lipinski definition) is 1. The molecule has 0 aliphatic rings. The minimum Gasteiger partial charge on any atom is -0.478 e. The molecule has 0 fully saturated rings. The van der Waals surface area contributed by atoms with Gasteiger partial charge in [-0.2, -0.15) is 5.26 Å². The molecular formula is C11H9NO2. The number of carboxylic acid groups (broad SMARTS) is 1. The Hall–Kier alpha value is -2.08. The molecule has 1 aromatic rings. The maximum Gasteiger partial charge on any atom is 0.332 e. The van der Waals surface area contributed by atoms with Crippen LogP contribution in [0.2, 0.25) is 0 Å². The van der Waals surface area contributed by atoms with Crippen molar-refractivity contribution in [2.45, 2.75) is 6.42 Å². The summed E-state index contributed by atoms with van der Waals surface area (Å²) < 4.78 is 0. The predicted molar refractivity (Wildman–Crippen MR) is 51.5 cm³/mol. The second-order valence-corrected chi connectivity index (χ2v) is 2.77. The molecular weight excluding hydrogens is 178 g/mol. The molecule has 0 aliphatic carbocycles. The van der Waals surface area contributed by atoms with Crippen LogP contribution in [0.4, 0.5) is 0 Å². The molecule has 0 amide bonds. The minimum atomic E-state index is -1.05. The number of rotatable bonds is 3. The van der Waals surface area contributed by atoms with Gasteiger partial charge in [-0.3, -0.25) is 0 Å². The maximum atomic E-state index is 10.7. The Morgan fingerprint density at radius 1 is 1.43 bits per heavy atom. The molecule has 70 valence electrons. The van der Waals surface area contributed by atoms with Crippen molar-refractivity contribution in [3.63, 3.8) is 0 Å². The molecule has 1 aromatic carbocycles. The molecule has 0 heterocycles. The van der Waals surface area contributed by atoms with E-state index in [9.17, 15) is 4.79 Å². The molecule has 1 rings (SSSR count). The highest BCUT2D eigenvalue weighted by molar-refractivity contribution is 5.87. The SMILES string of the molecule is N#C/C=C(/Cc1ccccc1)C(=O)O. The third-order valence-corrected chi connectivity index (χ3v) is 1.75. The van der Waals surface area contributed by atoms with E-state index >= 15 is 0 Å². The van der Waals surface area contributed by atoms with Gasteiger partial charge >= 0.3 is 5.97 Å². The van der Waals surface area contributed by atoms with E-state index in [1.165, 1.54) is 0 Å². The van der Waals surface area contributed by atoms with Crippen molar-refractivity contribution in [3.8, 4) is 6.07 Å². The lowest BCUT2D eigenvalue weighted by atomic mass is 10.1. The minimum absolute atomic E-state index is 0.110. The van der Waals surface area contributed by atoms with Gasteiger partial charge in [0.1, 0.15) is 0 Å². The highest BCUT2D eigenvalue weighted by Gasteiger charge is 2.07. The first-order chi connectivity index (χ1) is 6.74. The summed E-state index contributed by atoms with van der Waals surface area (Å²) in [5.41, 5.74) is 0.995. The zero-order valence-electron chi connectivity index (χ0n) is 7.47. The molecule has 1 N–H and O–H groups in total. The zero-order valence-corrected chi connectivity index (χ0v) is 7.47. The molecule has 0 radical (unpaired) electrons. The average Bonchev–Trinajstić information content (AvgIpc) is 2.18. The van der Waals surface area contributed by atoms with E-state index in [2.05, 4.69) is 0 Å². The summed E-state index contributed by atoms with van der Waals surface area (Å²) in [4.78, 5) is 10.7. The van der Waals surface area contributed by atoms with Crippen LogP contribution in [0.1, 0.15) is 5.56 Å². The van der Waals surface area contributed by atoms with Crippen LogP contribution in [0.15, 0.2) is 42.0 Å². The quantitative estimate of drug-likeness (QED) is 0.579. The van der Waals surface area contributed by atoms with Crippen molar-refractivity contribution in [1.29, 1.82) is 5.26 Å². The molecule has 0 aliphatic heterocycles. The normalized spacial score (nSPS) is 10.6. The van der Waals surface area contributed by atoms with Crippen molar-refractivity contribution in [2.75, 3.05) is 0 Å². The second kappa shape index (κ2) is 4.83. The van der Waals surface area contributed by atoms with E-state index in [0.717, 1.165) is 11.6 Å². The van der Waals surface area contributed by atoms with Gasteiger partial charge in [0.15, 0.2) is 0 Å². The molecule has 0 bridgehead atoms. The molecule has 3 heteroatoms. The third-order valence-electron chi connectivity index (χ3n) is 1.75. The first-order valence-corrected chi connectivity index (χ1v) is 4.10. The highest BCUT2D eigenvalue weighted by atomic mass is 16.4. The second-order valence-electron chi connectivity index (χ2n) is 2.77. The first kappa shape index (κ1) is 10.0. The van der Waals surface area contributed by atoms with Gasteiger partial charge in [-0.25, -0.2) is 4.79 Å². The van der Waals surface area contributed by atoms with Gasteiger partial charge < -0.3 is 5.11 Å². The van der Waals surface area contributed by atoms with Gasteiger partial charge in [-0.15, -0.1) is 0 Å². The number of carbonyl (C=O) groups is 1. The lowest BCUT2D eigenvalue weighted by molar-refractivity contribution is -0.132. The summed E-state index contributed by atoms with van der Waals surface area (Å²) >= 11 is 0. The molecule has 0 atom stereocenters. The number of allylic oxidation sites excluding steroid dienone is 1. The van der Waals surface area contributed by atoms with Crippen LogP contribution in [-0.2, 0) is 11.2 Å². The summed E-state index contributed by atoms with van der Waals surface area (Å²) in [6, 6.07) is 10.9. The van der Waals surface area contributed by atoms with Crippen LogP contribution < -0.4 is 0 Å². The van der Waals surface area contributed by atoms with Crippen LogP contribution >= 0.6 is 0 Å². The fourth-order valence-corrected chi connectivity index (χ4v) is 1.08. The molecule has 3 nitrogen and oxygen atoms in total. The number of aliphatic carboxylic acids is 1. The van der Waals surface area contributed by atoms with Crippen LogP contribution in [0, 0.1) is 11.3 Å². The monoisotopic (exact) mass is 187 g/mol. The predicted octanol–water partition coefficient (Wildman–Crippen LogP) is 1.76. The van der Waals surface area contributed by atoms with Gasteiger partial charge in [-0.05, 0) is 5.56 Å². The van der Waals surface area contributed by atoms with Gasteiger partial charge in [0, 0.05) is 12.5 Å². The fraction of sp³-hybridized carbons (Fsp3) is 0.0909. The Morgan fingerprint density at radius 2 is 2.07 bits per heavy atom. The molecule has 14 heavy (non-hydrogen) atoms.